The summed E-state index contributed by atoms with van der Waals surface area (Å²) >= 11 is 6.76. The third kappa shape index (κ3) is 2.46. The molecule has 2 aromatic heterocycles. The fourth-order valence-electron chi connectivity index (χ4n) is 1.83. The Kier molecular flexibility index (Phi) is 3.54. The normalized spacial score (nSPS) is 10.7. The number of fused-ring (bicyclic) bond motifs is 1. The van der Waals surface area contributed by atoms with Gasteiger partial charge in [0.15, 0.2) is 5.65 Å². The second-order valence-electron chi connectivity index (χ2n) is 4.07. The monoisotopic (exact) mass is 394 g/mol. The van der Waals surface area contributed by atoms with E-state index in [-0.39, 0.29) is 5.91 Å². The SMILES string of the molecule is O=C(Nc1cc(Br)cn2cnnc12)c1ccccc1Br. The molecule has 2 heterocycles. The number of nitrogens with one attached hydrogen (secondary N) is 1. The lowest BCUT2D eigenvalue weighted by Crippen LogP contribution is -2.13. The molecule has 0 atom stereocenters. The van der Waals surface area contributed by atoms with Crippen molar-refractivity contribution in [1.82, 2.24) is 14.6 Å². The third-order valence-corrected chi connectivity index (χ3v) is 3.85. The van der Waals surface area contributed by atoms with Crippen molar-refractivity contribution in [2.75, 3.05) is 5.32 Å². The lowest BCUT2D eigenvalue weighted by molar-refractivity contribution is 0.102. The van der Waals surface area contributed by atoms with Gasteiger partial charge in [0.25, 0.3) is 5.91 Å². The molecule has 0 fully saturated rings. The average molecular weight is 396 g/mol. The van der Waals surface area contributed by atoms with Crippen molar-refractivity contribution in [2.24, 2.45) is 0 Å². The molecule has 7 heteroatoms. The molecule has 0 spiro atoms. The van der Waals surface area contributed by atoms with Crippen LogP contribution in [0.2, 0.25) is 0 Å². The number of pyridine rings is 1. The predicted molar refractivity (Wildman–Crippen MR) is 82.8 cm³/mol. The summed E-state index contributed by atoms with van der Waals surface area (Å²) < 4.78 is 3.30. The average Bonchev–Trinajstić information content (AvgIpc) is 2.87. The Labute approximate surface area is 131 Å². The molecule has 1 amide bonds. The van der Waals surface area contributed by atoms with Crippen LogP contribution in [0.3, 0.4) is 0 Å². The maximum absolute atomic E-state index is 12.3. The van der Waals surface area contributed by atoms with Gasteiger partial charge in [-0.1, -0.05) is 12.1 Å². The Balaban J connectivity index is 1.99. The van der Waals surface area contributed by atoms with Crippen molar-refractivity contribution in [2.45, 2.75) is 0 Å². The molecule has 100 valence electrons. The van der Waals surface area contributed by atoms with Crippen LogP contribution < -0.4 is 5.32 Å². The number of halogens is 2. The van der Waals surface area contributed by atoms with Crippen molar-refractivity contribution < 1.29 is 4.79 Å². The zero-order valence-corrected chi connectivity index (χ0v) is 13.2. The maximum Gasteiger partial charge on any atom is 0.256 e. The Hall–Kier alpha value is -1.73. The largest absolute Gasteiger partial charge is 0.319 e. The van der Waals surface area contributed by atoms with E-state index in [1.165, 1.54) is 0 Å². The summed E-state index contributed by atoms with van der Waals surface area (Å²) in [6, 6.07) is 9.03. The van der Waals surface area contributed by atoms with Crippen molar-refractivity contribution in [3.63, 3.8) is 0 Å². The van der Waals surface area contributed by atoms with E-state index in [0.29, 0.717) is 16.9 Å². The summed E-state index contributed by atoms with van der Waals surface area (Å²) in [7, 11) is 0. The minimum Gasteiger partial charge on any atom is -0.319 e. The second-order valence-corrected chi connectivity index (χ2v) is 5.84. The zero-order valence-electron chi connectivity index (χ0n) is 10.0. The van der Waals surface area contributed by atoms with Crippen LogP contribution >= 0.6 is 31.9 Å². The first-order valence-corrected chi connectivity index (χ1v) is 7.28. The molecule has 0 aliphatic rings. The number of rotatable bonds is 2. The molecular weight excluding hydrogens is 388 g/mol. The first-order valence-electron chi connectivity index (χ1n) is 5.70. The Morgan fingerprint density at radius 2 is 2.05 bits per heavy atom. The van der Waals surface area contributed by atoms with E-state index in [9.17, 15) is 4.79 Å². The maximum atomic E-state index is 12.3. The molecule has 1 aromatic carbocycles. The first-order chi connectivity index (χ1) is 9.65. The van der Waals surface area contributed by atoms with E-state index in [0.717, 1.165) is 8.95 Å². The lowest BCUT2D eigenvalue weighted by Gasteiger charge is -2.08. The molecule has 0 saturated carbocycles. The molecule has 0 radical (unpaired) electrons. The minimum atomic E-state index is -0.208. The number of nitrogens with zero attached hydrogens (tertiary/aromatic N) is 3. The standard InChI is InChI=1S/C13H8Br2N4O/c14-8-5-11(12-18-16-7-19(12)6-8)17-13(20)9-3-1-2-4-10(9)15/h1-7H,(H,17,20). The van der Waals surface area contributed by atoms with Gasteiger partial charge < -0.3 is 5.32 Å². The number of benzene rings is 1. The smallest absolute Gasteiger partial charge is 0.256 e. The molecule has 0 aliphatic carbocycles. The Morgan fingerprint density at radius 3 is 2.85 bits per heavy atom. The number of hydrogen-bond donors (Lipinski definition) is 1. The molecule has 1 N–H and O–H groups in total. The van der Waals surface area contributed by atoms with Crippen LogP contribution in [0.5, 0.6) is 0 Å². The van der Waals surface area contributed by atoms with Crippen LogP contribution in [-0.2, 0) is 0 Å². The summed E-state index contributed by atoms with van der Waals surface area (Å²) in [5.74, 6) is -0.208. The Morgan fingerprint density at radius 1 is 1.25 bits per heavy atom. The van der Waals surface area contributed by atoms with E-state index < -0.39 is 0 Å². The van der Waals surface area contributed by atoms with Gasteiger partial charge in [0.05, 0.1) is 11.3 Å². The molecule has 0 bridgehead atoms. The highest BCUT2D eigenvalue weighted by molar-refractivity contribution is 9.10. The van der Waals surface area contributed by atoms with E-state index in [4.69, 9.17) is 0 Å². The summed E-state index contributed by atoms with van der Waals surface area (Å²) in [6.45, 7) is 0. The molecular formula is C13H8Br2N4O. The van der Waals surface area contributed by atoms with Gasteiger partial charge in [-0.3, -0.25) is 9.20 Å². The van der Waals surface area contributed by atoms with Gasteiger partial charge in [-0.15, -0.1) is 10.2 Å². The van der Waals surface area contributed by atoms with E-state index in [1.807, 2.05) is 24.4 Å². The number of hydrogen-bond acceptors (Lipinski definition) is 3. The van der Waals surface area contributed by atoms with Crippen molar-refractivity contribution in [3.8, 4) is 0 Å². The number of amides is 1. The van der Waals surface area contributed by atoms with Crippen LogP contribution in [0, 0.1) is 0 Å². The summed E-state index contributed by atoms with van der Waals surface area (Å²) in [4.78, 5) is 12.3. The number of carbonyl (C=O) groups excluding carboxylic acids is 1. The molecule has 20 heavy (non-hydrogen) atoms. The number of anilines is 1. The number of aromatic nitrogens is 3. The highest BCUT2D eigenvalue weighted by atomic mass is 79.9. The number of carbonyl (C=O) groups is 1. The lowest BCUT2D eigenvalue weighted by atomic mass is 10.2. The van der Waals surface area contributed by atoms with Crippen molar-refractivity contribution in [3.05, 3.63) is 57.4 Å². The van der Waals surface area contributed by atoms with Crippen LogP contribution in [0.1, 0.15) is 10.4 Å². The van der Waals surface area contributed by atoms with Gasteiger partial charge in [0.2, 0.25) is 0 Å². The van der Waals surface area contributed by atoms with Gasteiger partial charge >= 0.3 is 0 Å². The molecule has 3 rings (SSSR count). The molecule has 0 saturated heterocycles. The quantitative estimate of drug-likeness (QED) is 0.722. The fourth-order valence-corrected chi connectivity index (χ4v) is 2.74. The predicted octanol–water partition coefficient (Wildman–Crippen LogP) is 3.51. The zero-order chi connectivity index (χ0) is 14.1. The van der Waals surface area contributed by atoms with Crippen LogP contribution in [-0.4, -0.2) is 20.5 Å². The molecule has 3 aromatic rings. The third-order valence-electron chi connectivity index (χ3n) is 2.73. The topological polar surface area (TPSA) is 59.3 Å². The van der Waals surface area contributed by atoms with Gasteiger partial charge in [0, 0.05) is 15.1 Å². The van der Waals surface area contributed by atoms with E-state index in [2.05, 4.69) is 47.4 Å². The van der Waals surface area contributed by atoms with Gasteiger partial charge in [-0.2, -0.15) is 0 Å². The van der Waals surface area contributed by atoms with E-state index >= 15 is 0 Å². The second kappa shape index (κ2) is 5.34. The molecule has 5 nitrogen and oxygen atoms in total. The van der Waals surface area contributed by atoms with Crippen molar-refractivity contribution >= 4 is 49.1 Å². The molecule has 0 unspecified atom stereocenters. The van der Waals surface area contributed by atoms with Crippen LogP contribution in [0.25, 0.3) is 5.65 Å². The highest BCUT2D eigenvalue weighted by Crippen LogP contribution is 2.23. The Bertz CT molecular complexity index is 800. The fraction of sp³-hybridized carbons (Fsp3) is 0. The summed E-state index contributed by atoms with van der Waals surface area (Å²) in [6.07, 6.45) is 3.40. The molecule has 0 aliphatic heterocycles. The van der Waals surface area contributed by atoms with Crippen molar-refractivity contribution in [1.29, 1.82) is 0 Å². The van der Waals surface area contributed by atoms with Crippen LogP contribution in [0.4, 0.5) is 5.69 Å². The van der Waals surface area contributed by atoms with Crippen LogP contribution in [0.15, 0.2) is 51.8 Å². The summed E-state index contributed by atoms with van der Waals surface area (Å²) in [5.41, 5.74) is 1.75. The van der Waals surface area contributed by atoms with Gasteiger partial charge in [-0.05, 0) is 50.1 Å². The summed E-state index contributed by atoms with van der Waals surface area (Å²) in [5, 5.41) is 10.7. The highest BCUT2D eigenvalue weighted by Gasteiger charge is 2.13. The minimum absolute atomic E-state index is 0.208. The van der Waals surface area contributed by atoms with E-state index in [1.54, 1.807) is 22.9 Å². The van der Waals surface area contributed by atoms with Gasteiger partial charge in [0.1, 0.15) is 6.33 Å². The first kappa shape index (κ1) is 13.3. The van der Waals surface area contributed by atoms with Gasteiger partial charge in [-0.25, -0.2) is 0 Å².